The van der Waals surface area contributed by atoms with Crippen molar-refractivity contribution < 1.29 is 14.3 Å². The highest BCUT2D eigenvalue weighted by molar-refractivity contribution is 7.99. The van der Waals surface area contributed by atoms with E-state index in [-0.39, 0.29) is 24.5 Å². The Morgan fingerprint density at radius 1 is 1.17 bits per heavy atom. The summed E-state index contributed by atoms with van der Waals surface area (Å²) < 4.78 is 5.68. The molecule has 1 heterocycles. The minimum Gasteiger partial charge on any atom is -0.377 e. The molecule has 30 heavy (non-hydrogen) atoms. The minimum absolute atomic E-state index is 0.0956. The van der Waals surface area contributed by atoms with Crippen LogP contribution >= 0.6 is 35.0 Å². The predicted octanol–water partition coefficient (Wildman–Crippen LogP) is 5.37. The Labute approximate surface area is 191 Å². The number of hydrogen-bond donors (Lipinski definition) is 1. The number of anilines is 1. The number of halogens is 2. The molecule has 1 aliphatic rings. The second-order valence-electron chi connectivity index (χ2n) is 6.91. The lowest BCUT2D eigenvalue weighted by atomic mass is 10.2. The first-order valence-electron chi connectivity index (χ1n) is 9.86. The number of benzene rings is 2. The maximum absolute atomic E-state index is 13.2. The van der Waals surface area contributed by atoms with Gasteiger partial charge in [-0.3, -0.25) is 9.59 Å². The molecule has 1 aliphatic heterocycles. The van der Waals surface area contributed by atoms with Crippen molar-refractivity contribution in [3.05, 3.63) is 58.1 Å². The number of amides is 2. The molecule has 0 aliphatic carbocycles. The van der Waals surface area contributed by atoms with Crippen LogP contribution in [0, 0.1) is 0 Å². The molecule has 0 saturated carbocycles. The number of thioether (sulfide) groups is 1. The van der Waals surface area contributed by atoms with Crippen molar-refractivity contribution >= 4 is 52.5 Å². The van der Waals surface area contributed by atoms with Crippen molar-refractivity contribution in [1.82, 2.24) is 4.90 Å². The van der Waals surface area contributed by atoms with E-state index < -0.39 is 0 Å². The summed E-state index contributed by atoms with van der Waals surface area (Å²) in [6, 6.07) is 12.5. The van der Waals surface area contributed by atoms with Crippen molar-refractivity contribution in [2.75, 3.05) is 30.8 Å². The lowest BCUT2D eigenvalue weighted by Crippen LogP contribution is -2.38. The SMILES string of the molecule is CCN(CC(=O)Nc1c(Cl)cccc1Cl)C(=O)c1ccccc1SCC1CCCO1. The van der Waals surface area contributed by atoms with Crippen LogP contribution in [0.25, 0.3) is 0 Å². The summed E-state index contributed by atoms with van der Waals surface area (Å²) in [6.07, 6.45) is 2.36. The van der Waals surface area contributed by atoms with Crippen LogP contribution in [0.15, 0.2) is 47.4 Å². The van der Waals surface area contributed by atoms with Crippen LogP contribution in [0.5, 0.6) is 0 Å². The first-order chi connectivity index (χ1) is 14.5. The second kappa shape index (κ2) is 11.0. The average Bonchev–Trinajstić information content (AvgIpc) is 3.27. The van der Waals surface area contributed by atoms with Crippen molar-refractivity contribution in [3.8, 4) is 0 Å². The molecule has 8 heteroatoms. The van der Waals surface area contributed by atoms with Crippen LogP contribution in [0.3, 0.4) is 0 Å². The first-order valence-corrected chi connectivity index (χ1v) is 11.6. The van der Waals surface area contributed by atoms with Gasteiger partial charge in [-0.2, -0.15) is 0 Å². The number of likely N-dealkylation sites (N-methyl/N-ethyl adjacent to an activating group) is 1. The van der Waals surface area contributed by atoms with Crippen LogP contribution in [-0.2, 0) is 9.53 Å². The monoisotopic (exact) mass is 466 g/mol. The average molecular weight is 467 g/mol. The number of rotatable bonds is 8. The van der Waals surface area contributed by atoms with Crippen molar-refractivity contribution in [3.63, 3.8) is 0 Å². The second-order valence-corrected chi connectivity index (χ2v) is 8.78. The van der Waals surface area contributed by atoms with E-state index >= 15 is 0 Å². The van der Waals surface area contributed by atoms with Gasteiger partial charge in [-0.1, -0.05) is 41.4 Å². The molecule has 1 atom stereocenters. The minimum atomic E-state index is -0.357. The van der Waals surface area contributed by atoms with Gasteiger partial charge in [-0.25, -0.2) is 0 Å². The van der Waals surface area contributed by atoms with E-state index in [1.165, 1.54) is 4.90 Å². The fraction of sp³-hybridized carbons (Fsp3) is 0.364. The zero-order chi connectivity index (χ0) is 21.5. The number of ether oxygens (including phenoxy) is 1. The highest BCUT2D eigenvalue weighted by atomic mass is 35.5. The van der Waals surface area contributed by atoms with E-state index in [4.69, 9.17) is 27.9 Å². The van der Waals surface area contributed by atoms with Crippen molar-refractivity contribution in [1.29, 1.82) is 0 Å². The van der Waals surface area contributed by atoms with Crippen LogP contribution in [0.2, 0.25) is 10.0 Å². The van der Waals surface area contributed by atoms with Gasteiger partial charge in [-0.15, -0.1) is 11.8 Å². The van der Waals surface area contributed by atoms with Crippen molar-refractivity contribution in [2.24, 2.45) is 0 Å². The summed E-state index contributed by atoms with van der Waals surface area (Å²) in [6.45, 7) is 2.95. The molecule has 2 amide bonds. The fourth-order valence-electron chi connectivity index (χ4n) is 3.19. The summed E-state index contributed by atoms with van der Waals surface area (Å²) >= 11 is 13.9. The number of nitrogens with zero attached hydrogens (tertiary/aromatic N) is 1. The van der Waals surface area contributed by atoms with E-state index in [0.29, 0.717) is 27.8 Å². The zero-order valence-electron chi connectivity index (χ0n) is 16.7. The Morgan fingerprint density at radius 3 is 2.57 bits per heavy atom. The van der Waals surface area contributed by atoms with E-state index in [9.17, 15) is 9.59 Å². The molecular weight excluding hydrogens is 443 g/mol. The predicted molar refractivity (Wildman–Crippen MR) is 123 cm³/mol. The molecule has 0 radical (unpaired) electrons. The number of carbonyl (C=O) groups excluding carboxylic acids is 2. The van der Waals surface area contributed by atoms with Gasteiger partial charge in [0, 0.05) is 23.8 Å². The maximum Gasteiger partial charge on any atom is 0.255 e. The number of hydrogen-bond acceptors (Lipinski definition) is 4. The van der Waals surface area contributed by atoms with Gasteiger partial charge in [-0.05, 0) is 44.0 Å². The number of carbonyl (C=O) groups is 2. The van der Waals surface area contributed by atoms with Crippen LogP contribution in [-0.4, -0.2) is 48.3 Å². The third-order valence-corrected chi connectivity index (χ3v) is 6.63. The molecule has 1 saturated heterocycles. The zero-order valence-corrected chi connectivity index (χ0v) is 19.0. The molecule has 1 unspecified atom stereocenters. The standard InChI is InChI=1S/C22H24Cl2N2O3S/c1-2-26(13-20(27)25-21-17(23)9-5-10-18(21)24)22(28)16-8-3-4-11-19(16)30-14-15-7-6-12-29-15/h3-5,8-11,15H,2,6-7,12-14H2,1H3,(H,25,27). The molecule has 0 bridgehead atoms. The topological polar surface area (TPSA) is 58.6 Å². The summed E-state index contributed by atoms with van der Waals surface area (Å²) in [4.78, 5) is 28.1. The molecular formula is C22H24Cl2N2O3S. The Bertz CT molecular complexity index is 883. The highest BCUT2D eigenvalue weighted by Crippen LogP contribution is 2.30. The number of para-hydroxylation sites is 1. The summed E-state index contributed by atoms with van der Waals surface area (Å²) in [5.74, 6) is 0.264. The molecule has 1 N–H and O–H groups in total. The molecule has 2 aromatic rings. The van der Waals surface area contributed by atoms with Crippen LogP contribution in [0.4, 0.5) is 5.69 Å². The Balaban J connectivity index is 1.67. The molecule has 1 fully saturated rings. The Morgan fingerprint density at radius 2 is 1.90 bits per heavy atom. The van der Waals surface area contributed by atoms with Gasteiger partial charge >= 0.3 is 0 Å². The smallest absolute Gasteiger partial charge is 0.255 e. The third kappa shape index (κ3) is 5.91. The van der Waals surface area contributed by atoms with E-state index in [1.54, 1.807) is 36.0 Å². The van der Waals surface area contributed by atoms with Gasteiger partial charge in [0.25, 0.3) is 5.91 Å². The van der Waals surface area contributed by atoms with E-state index in [2.05, 4.69) is 5.32 Å². The molecule has 2 aromatic carbocycles. The maximum atomic E-state index is 13.2. The third-order valence-electron chi connectivity index (χ3n) is 4.80. The highest BCUT2D eigenvalue weighted by Gasteiger charge is 2.22. The van der Waals surface area contributed by atoms with E-state index in [1.807, 2.05) is 25.1 Å². The van der Waals surface area contributed by atoms with Crippen LogP contribution in [0.1, 0.15) is 30.1 Å². The molecule has 3 rings (SSSR count). The van der Waals surface area contributed by atoms with E-state index in [0.717, 1.165) is 30.1 Å². The Kier molecular flexibility index (Phi) is 8.45. The molecule has 0 aromatic heterocycles. The molecule has 160 valence electrons. The van der Waals surface area contributed by atoms with Gasteiger partial charge in [0.15, 0.2) is 0 Å². The first kappa shape index (κ1) is 22.9. The summed E-state index contributed by atoms with van der Waals surface area (Å²) in [5, 5.41) is 3.40. The van der Waals surface area contributed by atoms with Gasteiger partial charge < -0.3 is 15.0 Å². The molecule has 0 spiro atoms. The lowest BCUT2D eigenvalue weighted by molar-refractivity contribution is -0.116. The summed E-state index contributed by atoms with van der Waals surface area (Å²) in [7, 11) is 0. The molecule has 5 nitrogen and oxygen atoms in total. The Hall–Kier alpha value is -1.73. The largest absolute Gasteiger partial charge is 0.377 e. The van der Waals surface area contributed by atoms with Gasteiger partial charge in [0.2, 0.25) is 5.91 Å². The van der Waals surface area contributed by atoms with Crippen molar-refractivity contribution in [2.45, 2.75) is 30.8 Å². The van der Waals surface area contributed by atoms with Gasteiger partial charge in [0.05, 0.1) is 27.4 Å². The quantitative estimate of drug-likeness (QED) is 0.531. The summed E-state index contributed by atoms with van der Waals surface area (Å²) in [5.41, 5.74) is 0.938. The van der Waals surface area contributed by atoms with Gasteiger partial charge in [0.1, 0.15) is 6.54 Å². The normalized spacial score (nSPS) is 15.8. The fourth-order valence-corrected chi connectivity index (χ4v) is 4.80. The lowest BCUT2D eigenvalue weighted by Gasteiger charge is -2.22. The van der Waals surface area contributed by atoms with Crippen LogP contribution < -0.4 is 5.32 Å². The number of nitrogens with one attached hydrogen (secondary N) is 1.